The number of carbonyl (C=O) groups excluding carboxylic acids is 1. The summed E-state index contributed by atoms with van der Waals surface area (Å²) in [4.78, 5) is 24.0. The number of sulfone groups is 1. The summed E-state index contributed by atoms with van der Waals surface area (Å²) in [5.74, 6) is -2.32. The molecule has 1 heterocycles. The van der Waals surface area contributed by atoms with Gasteiger partial charge in [-0.05, 0) is 33.6 Å². The van der Waals surface area contributed by atoms with Gasteiger partial charge in [-0.2, -0.15) is 0 Å². The number of amides is 1. The summed E-state index contributed by atoms with van der Waals surface area (Å²) in [6.07, 6.45) is 0.981. The van der Waals surface area contributed by atoms with Crippen LogP contribution in [0.4, 0.5) is 0 Å². The number of nitrogens with zero attached hydrogens (tertiary/aromatic N) is 1. The number of aliphatic carboxylic acids is 1. The van der Waals surface area contributed by atoms with E-state index in [4.69, 9.17) is 5.11 Å². The molecule has 0 aliphatic carbocycles. The molecular formula is C11H19NO5S. The van der Waals surface area contributed by atoms with Crippen molar-refractivity contribution >= 4 is 21.7 Å². The third-order valence-electron chi connectivity index (χ3n) is 3.10. The number of carbonyl (C=O) groups is 2. The van der Waals surface area contributed by atoms with Gasteiger partial charge < -0.3 is 10.0 Å². The van der Waals surface area contributed by atoms with Gasteiger partial charge in [0.05, 0.1) is 4.75 Å². The smallest absolute Gasteiger partial charge is 0.326 e. The highest BCUT2D eigenvalue weighted by Crippen LogP contribution is 2.21. The minimum absolute atomic E-state index is 0.315. The molecule has 1 atom stereocenters. The molecule has 1 N–H and O–H groups in total. The molecule has 1 saturated heterocycles. The van der Waals surface area contributed by atoms with Crippen molar-refractivity contribution in [3.05, 3.63) is 0 Å². The molecule has 1 aliphatic heterocycles. The summed E-state index contributed by atoms with van der Waals surface area (Å²) in [5, 5.41) is 8.95. The lowest BCUT2D eigenvalue weighted by Gasteiger charge is -2.24. The first-order valence-corrected chi connectivity index (χ1v) is 7.46. The largest absolute Gasteiger partial charge is 0.480 e. The van der Waals surface area contributed by atoms with Crippen LogP contribution in [0.2, 0.25) is 0 Å². The SMILES string of the molecule is CC(C)(C)S(=O)(=O)CC(=O)N1CCC[C@@H]1C(=O)O. The Morgan fingerprint density at radius 3 is 2.33 bits per heavy atom. The van der Waals surface area contributed by atoms with Crippen LogP contribution in [0.3, 0.4) is 0 Å². The molecule has 1 amide bonds. The molecule has 7 heteroatoms. The second-order valence-corrected chi connectivity index (χ2v) is 8.20. The number of carboxylic acids is 1. The molecule has 0 bridgehead atoms. The predicted molar refractivity (Wildman–Crippen MR) is 65.9 cm³/mol. The van der Waals surface area contributed by atoms with Gasteiger partial charge in [-0.25, -0.2) is 13.2 Å². The fourth-order valence-electron chi connectivity index (χ4n) is 1.78. The molecule has 0 radical (unpaired) electrons. The van der Waals surface area contributed by atoms with E-state index in [0.717, 1.165) is 4.90 Å². The second-order valence-electron chi connectivity index (χ2n) is 5.45. The highest BCUT2D eigenvalue weighted by Gasteiger charge is 2.38. The molecule has 0 aromatic carbocycles. The van der Waals surface area contributed by atoms with Crippen molar-refractivity contribution in [3.63, 3.8) is 0 Å². The van der Waals surface area contributed by atoms with Gasteiger partial charge in [-0.3, -0.25) is 4.79 Å². The maximum absolute atomic E-state index is 11.9. The number of rotatable bonds is 3. The van der Waals surface area contributed by atoms with Crippen LogP contribution in [0.1, 0.15) is 33.6 Å². The Labute approximate surface area is 107 Å². The van der Waals surface area contributed by atoms with Crippen LogP contribution in [0.15, 0.2) is 0 Å². The summed E-state index contributed by atoms with van der Waals surface area (Å²) < 4.78 is 22.8. The lowest BCUT2D eigenvalue weighted by atomic mass is 10.2. The van der Waals surface area contributed by atoms with E-state index in [2.05, 4.69) is 0 Å². The summed E-state index contributed by atoms with van der Waals surface area (Å²) in [6.45, 7) is 4.88. The first-order chi connectivity index (χ1) is 8.06. The van der Waals surface area contributed by atoms with Crippen LogP contribution in [0, 0.1) is 0 Å². The molecule has 0 saturated carbocycles. The van der Waals surface area contributed by atoms with Gasteiger partial charge in [0.25, 0.3) is 0 Å². The van der Waals surface area contributed by atoms with Gasteiger partial charge in [-0.1, -0.05) is 0 Å². The zero-order chi connectivity index (χ0) is 14.1. The molecular weight excluding hydrogens is 258 g/mol. The first-order valence-electron chi connectivity index (χ1n) is 5.81. The van der Waals surface area contributed by atoms with Crippen molar-refractivity contribution in [2.24, 2.45) is 0 Å². The van der Waals surface area contributed by atoms with E-state index in [0.29, 0.717) is 19.4 Å². The Hall–Kier alpha value is -1.11. The van der Waals surface area contributed by atoms with Gasteiger partial charge in [0.15, 0.2) is 9.84 Å². The molecule has 0 aromatic rings. The molecule has 104 valence electrons. The van der Waals surface area contributed by atoms with E-state index >= 15 is 0 Å². The monoisotopic (exact) mass is 277 g/mol. The Kier molecular flexibility index (Phi) is 4.05. The molecule has 18 heavy (non-hydrogen) atoms. The molecule has 1 fully saturated rings. The Morgan fingerprint density at radius 1 is 1.33 bits per heavy atom. The summed E-state index contributed by atoms with van der Waals surface area (Å²) in [7, 11) is -3.57. The summed E-state index contributed by atoms with van der Waals surface area (Å²) in [6, 6.07) is -0.882. The van der Waals surface area contributed by atoms with Crippen LogP contribution in [0.25, 0.3) is 0 Å². The zero-order valence-corrected chi connectivity index (χ0v) is 11.7. The Bertz CT molecular complexity index is 449. The predicted octanol–water partition coefficient (Wildman–Crippen LogP) is 0.275. The van der Waals surface area contributed by atoms with E-state index in [9.17, 15) is 18.0 Å². The average Bonchev–Trinajstić information content (AvgIpc) is 2.62. The fourth-order valence-corrected chi connectivity index (χ4v) is 2.71. The number of hydrogen-bond acceptors (Lipinski definition) is 4. The van der Waals surface area contributed by atoms with Gasteiger partial charge in [-0.15, -0.1) is 0 Å². The lowest BCUT2D eigenvalue weighted by molar-refractivity contribution is -0.147. The molecule has 1 aliphatic rings. The maximum atomic E-state index is 11.9. The van der Waals surface area contributed by atoms with Gasteiger partial charge in [0.2, 0.25) is 5.91 Å². The normalized spacial score (nSPS) is 21.1. The zero-order valence-electron chi connectivity index (χ0n) is 10.8. The number of hydrogen-bond donors (Lipinski definition) is 1. The molecule has 0 unspecified atom stereocenters. The highest BCUT2D eigenvalue weighted by molar-refractivity contribution is 7.93. The lowest BCUT2D eigenvalue weighted by Crippen LogP contribution is -2.45. The maximum Gasteiger partial charge on any atom is 0.326 e. The van der Waals surface area contributed by atoms with E-state index < -0.39 is 38.3 Å². The minimum atomic E-state index is -3.57. The number of carboxylic acid groups (broad SMARTS) is 1. The second kappa shape index (κ2) is 4.87. The Morgan fingerprint density at radius 2 is 1.89 bits per heavy atom. The van der Waals surface area contributed by atoms with Crippen molar-refractivity contribution in [1.29, 1.82) is 0 Å². The first kappa shape index (κ1) is 14.9. The topological polar surface area (TPSA) is 91.8 Å². The fraction of sp³-hybridized carbons (Fsp3) is 0.818. The van der Waals surface area contributed by atoms with Crippen molar-refractivity contribution in [1.82, 2.24) is 4.90 Å². The van der Waals surface area contributed by atoms with Crippen molar-refractivity contribution in [2.45, 2.75) is 44.4 Å². The molecule has 0 spiro atoms. The summed E-state index contributed by atoms with van der Waals surface area (Å²) >= 11 is 0. The van der Waals surface area contributed by atoms with Crippen molar-refractivity contribution in [2.75, 3.05) is 12.3 Å². The minimum Gasteiger partial charge on any atom is -0.480 e. The van der Waals surface area contributed by atoms with E-state index in [1.807, 2.05) is 0 Å². The van der Waals surface area contributed by atoms with Crippen LogP contribution in [-0.2, 0) is 19.4 Å². The van der Waals surface area contributed by atoms with Crippen LogP contribution >= 0.6 is 0 Å². The Balaban J connectivity index is 2.81. The van der Waals surface area contributed by atoms with Crippen LogP contribution in [0.5, 0.6) is 0 Å². The van der Waals surface area contributed by atoms with E-state index in [1.165, 1.54) is 20.8 Å². The van der Waals surface area contributed by atoms with E-state index in [1.54, 1.807) is 0 Å². The van der Waals surface area contributed by atoms with Gasteiger partial charge in [0.1, 0.15) is 11.8 Å². The summed E-state index contributed by atoms with van der Waals surface area (Å²) in [5.41, 5.74) is 0. The van der Waals surface area contributed by atoms with Crippen molar-refractivity contribution < 1.29 is 23.1 Å². The molecule has 6 nitrogen and oxygen atoms in total. The van der Waals surface area contributed by atoms with Crippen molar-refractivity contribution in [3.8, 4) is 0 Å². The third-order valence-corrected chi connectivity index (χ3v) is 5.60. The standard InChI is InChI=1S/C11H19NO5S/c1-11(2,3)18(16,17)7-9(13)12-6-4-5-8(12)10(14)15/h8H,4-7H2,1-3H3,(H,14,15)/t8-/m1/s1. The van der Waals surface area contributed by atoms with Crippen LogP contribution < -0.4 is 0 Å². The molecule has 0 aromatic heterocycles. The number of likely N-dealkylation sites (tertiary alicyclic amines) is 1. The van der Waals surface area contributed by atoms with Crippen LogP contribution in [-0.4, -0.2) is 53.4 Å². The van der Waals surface area contributed by atoms with Gasteiger partial charge in [0, 0.05) is 6.54 Å². The van der Waals surface area contributed by atoms with E-state index in [-0.39, 0.29) is 0 Å². The molecule has 1 rings (SSSR count). The highest BCUT2D eigenvalue weighted by atomic mass is 32.2. The average molecular weight is 277 g/mol. The third kappa shape index (κ3) is 3.01. The quantitative estimate of drug-likeness (QED) is 0.799. The van der Waals surface area contributed by atoms with Gasteiger partial charge >= 0.3 is 5.97 Å².